The predicted molar refractivity (Wildman–Crippen MR) is 124 cm³/mol. The normalized spacial score (nSPS) is 11.6. The Balaban J connectivity index is 0.00000261. The van der Waals surface area contributed by atoms with Gasteiger partial charge in [0.15, 0.2) is 5.96 Å². The highest BCUT2D eigenvalue weighted by Gasteiger charge is 2.06. The van der Waals surface area contributed by atoms with Gasteiger partial charge in [0.2, 0.25) is 0 Å². The summed E-state index contributed by atoms with van der Waals surface area (Å²) in [5, 5.41) is 9.82. The van der Waals surface area contributed by atoms with Gasteiger partial charge in [-0.3, -0.25) is 0 Å². The molecule has 0 unspecified atom stereocenters. The first-order chi connectivity index (χ1) is 12.7. The van der Waals surface area contributed by atoms with E-state index >= 15 is 0 Å². The van der Waals surface area contributed by atoms with Gasteiger partial charge in [0, 0.05) is 24.9 Å². The van der Waals surface area contributed by atoms with Crippen LogP contribution in [0.5, 0.6) is 0 Å². The molecule has 0 atom stereocenters. The van der Waals surface area contributed by atoms with Crippen molar-refractivity contribution < 1.29 is 0 Å². The van der Waals surface area contributed by atoms with Gasteiger partial charge >= 0.3 is 0 Å². The van der Waals surface area contributed by atoms with E-state index in [1.165, 1.54) is 0 Å². The number of aromatic amines is 1. The molecule has 3 rings (SSSR count). The minimum absolute atomic E-state index is 0. The van der Waals surface area contributed by atoms with E-state index in [1.807, 2.05) is 24.3 Å². The average molecular weight is 498 g/mol. The molecule has 0 aliphatic carbocycles. The van der Waals surface area contributed by atoms with Crippen molar-refractivity contribution in [3.63, 3.8) is 0 Å². The summed E-state index contributed by atoms with van der Waals surface area (Å²) < 4.78 is 0. The van der Waals surface area contributed by atoms with Crippen molar-refractivity contribution in [3.05, 3.63) is 46.2 Å². The van der Waals surface area contributed by atoms with Crippen molar-refractivity contribution in [1.82, 2.24) is 25.6 Å². The van der Waals surface area contributed by atoms with Crippen LogP contribution in [0.25, 0.3) is 11.0 Å². The molecule has 6 nitrogen and oxygen atoms in total. The van der Waals surface area contributed by atoms with Crippen molar-refractivity contribution in [1.29, 1.82) is 0 Å². The molecule has 0 spiro atoms. The molecule has 3 aromatic rings. The first kappa shape index (κ1) is 21.6. The van der Waals surface area contributed by atoms with Crippen LogP contribution in [0.15, 0.2) is 34.6 Å². The highest BCUT2D eigenvalue weighted by atomic mass is 127. The Labute approximate surface area is 181 Å². The number of H-pyrrole nitrogens is 1. The van der Waals surface area contributed by atoms with Crippen molar-refractivity contribution in [3.8, 4) is 0 Å². The van der Waals surface area contributed by atoms with Gasteiger partial charge in [-0.15, -0.1) is 35.3 Å². The van der Waals surface area contributed by atoms with Gasteiger partial charge in [-0.2, -0.15) is 0 Å². The van der Waals surface area contributed by atoms with Crippen molar-refractivity contribution in [2.75, 3.05) is 13.1 Å². The number of para-hydroxylation sites is 2. The highest BCUT2D eigenvalue weighted by molar-refractivity contribution is 14.0. The lowest BCUT2D eigenvalue weighted by Crippen LogP contribution is -2.38. The number of rotatable bonds is 7. The maximum atomic E-state index is 4.64. The fourth-order valence-electron chi connectivity index (χ4n) is 2.57. The second-order valence-corrected chi connectivity index (χ2v) is 7.34. The summed E-state index contributed by atoms with van der Waals surface area (Å²) in [7, 11) is 0. The Hall–Kier alpha value is -1.68. The van der Waals surface area contributed by atoms with Crippen LogP contribution in [0.1, 0.15) is 43.2 Å². The Bertz CT molecular complexity index is 837. The van der Waals surface area contributed by atoms with Gasteiger partial charge in [-0.05, 0) is 25.0 Å². The predicted octanol–water partition coefficient (Wildman–Crippen LogP) is 4.06. The number of imidazole rings is 1. The van der Waals surface area contributed by atoms with Crippen LogP contribution in [0.2, 0.25) is 0 Å². The SMILES string of the molecule is CCNC(=NCc1nc(C(C)C)cs1)NCCc1nc2ccccc2[nH]1.I. The highest BCUT2D eigenvalue weighted by Crippen LogP contribution is 2.18. The molecule has 0 aliphatic heterocycles. The molecular weight excluding hydrogens is 471 g/mol. The first-order valence-corrected chi connectivity index (χ1v) is 9.93. The monoisotopic (exact) mass is 498 g/mol. The maximum absolute atomic E-state index is 4.64. The number of thiazole rings is 1. The third-order valence-corrected chi connectivity index (χ3v) is 4.82. The quantitative estimate of drug-likeness (QED) is 0.261. The van der Waals surface area contributed by atoms with E-state index in [0.717, 1.165) is 53.0 Å². The number of fused-ring (bicyclic) bond motifs is 1. The molecule has 1 aromatic carbocycles. The Morgan fingerprint density at radius 3 is 2.74 bits per heavy atom. The van der Waals surface area contributed by atoms with Crippen LogP contribution in [-0.2, 0) is 13.0 Å². The van der Waals surface area contributed by atoms with Crippen molar-refractivity contribution >= 4 is 52.3 Å². The minimum atomic E-state index is 0. The summed E-state index contributed by atoms with van der Waals surface area (Å²) in [6.07, 6.45) is 0.813. The standard InChI is InChI=1S/C19H26N6S.HI/c1-4-20-19(22-11-18-25-16(12-26-18)13(2)3)21-10-9-17-23-14-7-5-6-8-15(14)24-17;/h5-8,12-13H,4,9-11H2,1-3H3,(H,23,24)(H2,20,21,22);1H. The first-order valence-electron chi connectivity index (χ1n) is 9.05. The Morgan fingerprint density at radius 2 is 2.04 bits per heavy atom. The maximum Gasteiger partial charge on any atom is 0.191 e. The number of nitrogens with zero attached hydrogens (tertiary/aromatic N) is 3. The summed E-state index contributed by atoms with van der Waals surface area (Å²) in [5.74, 6) is 2.25. The van der Waals surface area contributed by atoms with E-state index in [0.29, 0.717) is 12.5 Å². The lowest BCUT2D eigenvalue weighted by atomic mass is 10.2. The molecule has 3 N–H and O–H groups in total. The summed E-state index contributed by atoms with van der Waals surface area (Å²) >= 11 is 1.67. The van der Waals surface area contributed by atoms with Gasteiger partial charge < -0.3 is 15.6 Å². The second kappa shape index (κ2) is 10.6. The molecule has 8 heteroatoms. The largest absolute Gasteiger partial charge is 0.357 e. The van der Waals surface area contributed by atoms with Crippen LogP contribution < -0.4 is 10.6 Å². The summed E-state index contributed by atoms with van der Waals surface area (Å²) in [4.78, 5) is 17.2. The third-order valence-electron chi connectivity index (χ3n) is 3.97. The summed E-state index contributed by atoms with van der Waals surface area (Å²) in [6.45, 7) is 8.57. The van der Waals surface area contributed by atoms with Crippen LogP contribution in [-0.4, -0.2) is 34.0 Å². The topological polar surface area (TPSA) is 78.0 Å². The number of halogens is 1. The molecule has 0 fully saturated rings. The smallest absolute Gasteiger partial charge is 0.191 e. The number of aromatic nitrogens is 3. The van der Waals surface area contributed by atoms with Crippen LogP contribution >= 0.6 is 35.3 Å². The number of hydrogen-bond acceptors (Lipinski definition) is 4. The molecule has 0 aliphatic rings. The number of benzene rings is 1. The minimum Gasteiger partial charge on any atom is -0.357 e. The van der Waals surface area contributed by atoms with E-state index < -0.39 is 0 Å². The van der Waals surface area contributed by atoms with Crippen molar-refractivity contribution in [2.24, 2.45) is 4.99 Å². The van der Waals surface area contributed by atoms with E-state index in [9.17, 15) is 0 Å². The molecule has 27 heavy (non-hydrogen) atoms. The number of nitrogens with one attached hydrogen (secondary N) is 3. The molecule has 2 heterocycles. The molecule has 146 valence electrons. The van der Waals surface area contributed by atoms with E-state index in [1.54, 1.807) is 11.3 Å². The molecule has 2 aromatic heterocycles. The fraction of sp³-hybridized carbons (Fsp3) is 0.421. The zero-order chi connectivity index (χ0) is 18.4. The van der Waals surface area contributed by atoms with Crippen LogP contribution in [0.3, 0.4) is 0 Å². The average Bonchev–Trinajstić information content (AvgIpc) is 3.26. The molecule has 0 radical (unpaired) electrons. The Kier molecular flexibility index (Phi) is 8.49. The van der Waals surface area contributed by atoms with Gasteiger partial charge in [0.05, 0.1) is 23.3 Å². The van der Waals surface area contributed by atoms with Gasteiger partial charge in [-0.1, -0.05) is 26.0 Å². The third kappa shape index (κ3) is 6.17. The number of hydrogen-bond donors (Lipinski definition) is 3. The number of aliphatic imine (C=N–C) groups is 1. The van der Waals surface area contributed by atoms with E-state index in [4.69, 9.17) is 0 Å². The summed E-state index contributed by atoms with van der Waals surface area (Å²) in [5.41, 5.74) is 3.23. The number of guanidine groups is 1. The molecule has 0 bridgehead atoms. The molecule has 0 amide bonds. The van der Waals surface area contributed by atoms with E-state index in [2.05, 4.69) is 56.7 Å². The zero-order valence-corrected chi connectivity index (χ0v) is 19.1. The van der Waals surface area contributed by atoms with Gasteiger partial charge in [-0.25, -0.2) is 15.0 Å². The fourth-order valence-corrected chi connectivity index (χ4v) is 3.45. The second-order valence-electron chi connectivity index (χ2n) is 6.39. The van der Waals surface area contributed by atoms with Crippen molar-refractivity contribution in [2.45, 2.75) is 39.7 Å². The lowest BCUT2D eigenvalue weighted by molar-refractivity contribution is 0.777. The zero-order valence-electron chi connectivity index (χ0n) is 16.0. The summed E-state index contributed by atoms with van der Waals surface area (Å²) in [6, 6.07) is 8.09. The molecule has 0 saturated carbocycles. The molecule has 0 saturated heterocycles. The van der Waals surface area contributed by atoms with E-state index in [-0.39, 0.29) is 24.0 Å². The van der Waals surface area contributed by atoms with Gasteiger partial charge in [0.25, 0.3) is 0 Å². The van der Waals surface area contributed by atoms with Crippen LogP contribution in [0.4, 0.5) is 0 Å². The Morgan fingerprint density at radius 1 is 1.22 bits per heavy atom. The molecular formula is C19H27IN6S. The lowest BCUT2D eigenvalue weighted by Gasteiger charge is -2.10. The van der Waals surface area contributed by atoms with Gasteiger partial charge in [0.1, 0.15) is 10.8 Å². The van der Waals surface area contributed by atoms with Crippen LogP contribution in [0, 0.1) is 0 Å².